The van der Waals surface area contributed by atoms with Crippen molar-refractivity contribution in [3.8, 4) is 0 Å². The summed E-state index contributed by atoms with van der Waals surface area (Å²) >= 11 is 0. The Kier molecular flexibility index (Phi) is 3.61. The summed E-state index contributed by atoms with van der Waals surface area (Å²) in [5.74, 6) is -0.627. The molecule has 0 spiro atoms. The van der Waals surface area contributed by atoms with Gasteiger partial charge < -0.3 is 15.1 Å². The number of aryl methyl sites for hydroxylation is 1. The molecule has 2 N–H and O–H groups in total. The second-order valence-corrected chi connectivity index (χ2v) is 3.49. The van der Waals surface area contributed by atoms with Gasteiger partial charge in [-0.3, -0.25) is 0 Å². The molecule has 1 aromatic rings. The van der Waals surface area contributed by atoms with Crippen LogP contribution >= 0.6 is 0 Å². The molecule has 0 bridgehead atoms. The Bertz CT molecular complexity index is 350. The van der Waals surface area contributed by atoms with E-state index in [0.29, 0.717) is 12.2 Å². The maximum atomic E-state index is 9.03. The van der Waals surface area contributed by atoms with Crippen LogP contribution in [0.15, 0.2) is 35.9 Å². The smallest absolute Gasteiger partial charge is 0.294 e. The average Bonchev–Trinajstić information content (AvgIpc) is 2.21. The Balaban J connectivity index is 3.03. The first kappa shape index (κ1) is 11.4. The van der Waals surface area contributed by atoms with Gasteiger partial charge in [0.15, 0.2) is 0 Å². The number of aliphatic hydroxyl groups is 2. The molecule has 0 heterocycles. The molecule has 0 saturated heterocycles. The van der Waals surface area contributed by atoms with Crippen LogP contribution in [0.4, 0.5) is 5.69 Å². The second kappa shape index (κ2) is 4.73. The minimum absolute atomic E-state index is 0.460. The van der Waals surface area contributed by atoms with Crippen LogP contribution in [0.25, 0.3) is 0 Å². The van der Waals surface area contributed by atoms with Crippen LogP contribution < -0.4 is 4.90 Å². The van der Waals surface area contributed by atoms with E-state index in [2.05, 4.69) is 0 Å². The molecule has 82 valence electrons. The van der Waals surface area contributed by atoms with Crippen molar-refractivity contribution in [1.29, 1.82) is 0 Å². The fourth-order valence-corrected chi connectivity index (χ4v) is 1.46. The number of allylic oxidation sites excluding steroid dienone is 1. The molecule has 0 fully saturated rings. The van der Waals surface area contributed by atoms with E-state index < -0.39 is 5.95 Å². The standard InChI is InChI=1S/C12H17NO2/c1-4-13(10(3)12(14)15)11-7-5-9(2)6-8-11/h5-8,14-15H,4H2,1-3H3. The maximum Gasteiger partial charge on any atom is 0.294 e. The van der Waals surface area contributed by atoms with Crippen LogP contribution in [-0.4, -0.2) is 16.8 Å². The third kappa shape index (κ3) is 2.65. The summed E-state index contributed by atoms with van der Waals surface area (Å²) < 4.78 is 0. The van der Waals surface area contributed by atoms with Gasteiger partial charge in [0.05, 0.1) is 5.70 Å². The molecule has 0 atom stereocenters. The van der Waals surface area contributed by atoms with Gasteiger partial charge in [-0.1, -0.05) is 17.7 Å². The molecular weight excluding hydrogens is 190 g/mol. The van der Waals surface area contributed by atoms with Gasteiger partial charge >= 0.3 is 0 Å². The van der Waals surface area contributed by atoms with Crippen molar-refractivity contribution in [2.24, 2.45) is 0 Å². The Hall–Kier alpha value is -1.64. The van der Waals surface area contributed by atoms with Crippen LogP contribution in [-0.2, 0) is 0 Å². The highest BCUT2D eigenvalue weighted by molar-refractivity contribution is 5.52. The highest BCUT2D eigenvalue weighted by Crippen LogP contribution is 2.20. The van der Waals surface area contributed by atoms with E-state index in [9.17, 15) is 0 Å². The third-order valence-corrected chi connectivity index (χ3v) is 2.39. The largest absolute Gasteiger partial charge is 0.480 e. The third-order valence-electron chi connectivity index (χ3n) is 2.39. The van der Waals surface area contributed by atoms with E-state index in [1.807, 2.05) is 43.0 Å². The average molecular weight is 207 g/mol. The Morgan fingerprint density at radius 2 is 1.73 bits per heavy atom. The molecule has 0 radical (unpaired) electrons. The van der Waals surface area contributed by atoms with Gasteiger partial charge in [-0.2, -0.15) is 0 Å². The number of hydrogen-bond donors (Lipinski definition) is 2. The van der Waals surface area contributed by atoms with E-state index in [4.69, 9.17) is 10.2 Å². The lowest BCUT2D eigenvalue weighted by molar-refractivity contribution is 0.184. The first-order chi connectivity index (χ1) is 7.06. The molecule has 0 aromatic heterocycles. The first-order valence-corrected chi connectivity index (χ1v) is 4.99. The lowest BCUT2D eigenvalue weighted by atomic mass is 10.2. The van der Waals surface area contributed by atoms with Crippen molar-refractivity contribution in [1.82, 2.24) is 0 Å². The van der Waals surface area contributed by atoms with Crippen molar-refractivity contribution in [3.05, 3.63) is 41.5 Å². The molecule has 15 heavy (non-hydrogen) atoms. The number of benzene rings is 1. The van der Waals surface area contributed by atoms with Crippen molar-refractivity contribution in [2.45, 2.75) is 20.8 Å². The Labute approximate surface area is 90.3 Å². The molecule has 3 nitrogen and oxygen atoms in total. The number of aliphatic hydroxyl groups excluding tert-OH is 1. The van der Waals surface area contributed by atoms with Crippen molar-refractivity contribution in [3.63, 3.8) is 0 Å². The predicted molar refractivity (Wildman–Crippen MR) is 62.2 cm³/mol. The van der Waals surface area contributed by atoms with Crippen LogP contribution in [0.1, 0.15) is 19.4 Å². The topological polar surface area (TPSA) is 43.7 Å². The highest BCUT2D eigenvalue weighted by atomic mass is 16.5. The zero-order valence-corrected chi connectivity index (χ0v) is 9.36. The van der Waals surface area contributed by atoms with Crippen molar-refractivity contribution in [2.75, 3.05) is 11.4 Å². The monoisotopic (exact) mass is 207 g/mol. The lowest BCUT2D eigenvalue weighted by Crippen LogP contribution is -2.21. The molecule has 3 heteroatoms. The van der Waals surface area contributed by atoms with E-state index in [1.54, 1.807) is 6.92 Å². The molecular formula is C12H17NO2. The number of anilines is 1. The normalized spacial score (nSPS) is 9.80. The lowest BCUT2D eigenvalue weighted by Gasteiger charge is -2.23. The fraction of sp³-hybridized carbons (Fsp3) is 0.333. The van der Waals surface area contributed by atoms with Crippen LogP contribution in [0, 0.1) is 6.92 Å². The zero-order chi connectivity index (χ0) is 11.4. The van der Waals surface area contributed by atoms with Crippen molar-refractivity contribution >= 4 is 5.69 Å². The van der Waals surface area contributed by atoms with Crippen LogP contribution in [0.2, 0.25) is 0 Å². The minimum Gasteiger partial charge on any atom is -0.480 e. The zero-order valence-electron chi connectivity index (χ0n) is 9.36. The van der Waals surface area contributed by atoms with Gasteiger partial charge in [0.1, 0.15) is 0 Å². The number of nitrogens with zero attached hydrogens (tertiary/aromatic N) is 1. The van der Waals surface area contributed by atoms with Gasteiger partial charge in [0.25, 0.3) is 5.95 Å². The van der Waals surface area contributed by atoms with E-state index >= 15 is 0 Å². The summed E-state index contributed by atoms with van der Waals surface area (Å²) in [4.78, 5) is 1.84. The molecule has 1 aromatic carbocycles. The van der Waals surface area contributed by atoms with E-state index in [0.717, 1.165) is 5.69 Å². The Morgan fingerprint density at radius 3 is 2.13 bits per heavy atom. The maximum absolute atomic E-state index is 9.03. The quantitative estimate of drug-likeness (QED) is 0.748. The van der Waals surface area contributed by atoms with Crippen LogP contribution in [0.5, 0.6) is 0 Å². The molecule has 0 saturated carbocycles. The Morgan fingerprint density at radius 1 is 1.20 bits per heavy atom. The summed E-state index contributed by atoms with van der Waals surface area (Å²) in [6, 6.07) is 7.93. The molecule has 1 rings (SSSR count). The van der Waals surface area contributed by atoms with Gasteiger partial charge in [0, 0.05) is 12.2 Å². The SMILES string of the molecule is CCN(C(C)=C(O)O)c1ccc(C)cc1. The summed E-state index contributed by atoms with van der Waals surface area (Å²) in [5.41, 5.74) is 2.60. The molecule has 0 aliphatic carbocycles. The van der Waals surface area contributed by atoms with Gasteiger partial charge in [-0.05, 0) is 32.9 Å². The summed E-state index contributed by atoms with van der Waals surface area (Å²) in [7, 11) is 0. The summed E-state index contributed by atoms with van der Waals surface area (Å²) in [6.07, 6.45) is 0. The number of hydrogen-bond acceptors (Lipinski definition) is 3. The summed E-state index contributed by atoms with van der Waals surface area (Å²) in [5, 5.41) is 18.1. The number of rotatable bonds is 3. The molecule has 0 aliphatic rings. The van der Waals surface area contributed by atoms with Gasteiger partial charge in [-0.25, -0.2) is 0 Å². The molecule has 0 amide bonds. The fourth-order valence-electron chi connectivity index (χ4n) is 1.46. The second-order valence-electron chi connectivity index (χ2n) is 3.49. The van der Waals surface area contributed by atoms with Gasteiger partial charge in [-0.15, -0.1) is 0 Å². The summed E-state index contributed by atoms with van der Waals surface area (Å²) in [6.45, 7) is 6.36. The first-order valence-electron chi connectivity index (χ1n) is 4.99. The van der Waals surface area contributed by atoms with Crippen LogP contribution in [0.3, 0.4) is 0 Å². The molecule has 0 unspecified atom stereocenters. The van der Waals surface area contributed by atoms with E-state index in [1.165, 1.54) is 5.56 Å². The highest BCUT2D eigenvalue weighted by Gasteiger charge is 2.09. The van der Waals surface area contributed by atoms with Crippen molar-refractivity contribution < 1.29 is 10.2 Å². The van der Waals surface area contributed by atoms with Gasteiger partial charge in [0.2, 0.25) is 0 Å². The molecule has 0 aliphatic heterocycles. The van der Waals surface area contributed by atoms with E-state index in [-0.39, 0.29) is 0 Å². The predicted octanol–water partition coefficient (Wildman–Crippen LogP) is 3.13. The minimum atomic E-state index is -0.627.